The van der Waals surface area contributed by atoms with E-state index in [0.717, 1.165) is 4.47 Å². The van der Waals surface area contributed by atoms with E-state index in [1.54, 1.807) is 48.5 Å². The minimum atomic E-state index is -0.551. The van der Waals surface area contributed by atoms with Gasteiger partial charge in [-0.1, -0.05) is 28.1 Å². The molecule has 6 nitrogen and oxygen atoms in total. The molecule has 0 saturated heterocycles. The van der Waals surface area contributed by atoms with Crippen LogP contribution in [-0.4, -0.2) is 31.4 Å². The van der Waals surface area contributed by atoms with Crippen LogP contribution in [-0.2, 0) is 9.53 Å². The molecule has 124 valence electrons. The van der Waals surface area contributed by atoms with E-state index in [0.29, 0.717) is 11.3 Å². The van der Waals surface area contributed by atoms with Gasteiger partial charge in [0.15, 0.2) is 0 Å². The maximum atomic E-state index is 12.0. The maximum absolute atomic E-state index is 12.0. The van der Waals surface area contributed by atoms with Crippen LogP contribution in [0.25, 0.3) is 0 Å². The van der Waals surface area contributed by atoms with Crippen molar-refractivity contribution in [3.8, 4) is 0 Å². The lowest BCUT2D eigenvalue weighted by molar-refractivity contribution is -0.115. The summed E-state index contributed by atoms with van der Waals surface area (Å²) in [7, 11) is 1.26. The number of hydrogen-bond acceptors (Lipinski definition) is 4. The molecule has 0 aromatic heterocycles. The van der Waals surface area contributed by atoms with Gasteiger partial charge in [-0.05, 0) is 36.4 Å². The molecule has 0 spiro atoms. The predicted molar refractivity (Wildman–Crippen MR) is 92.9 cm³/mol. The van der Waals surface area contributed by atoms with Crippen molar-refractivity contribution < 1.29 is 19.1 Å². The topological polar surface area (TPSA) is 84.5 Å². The Morgan fingerprint density at radius 1 is 1.04 bits per heavy atom. The summed E-state index contributed by atoms with van der Waals surface area (Å²) >= 11 is 3.28. The number of anilines is 1. The first-order valence-corrected chi connectivity index (χ1v) is 7.81. The van der Waals surface area contributed by atoms with Crippen LogP contribution < -0.4 is 10.6 Å². The van der Waals surface area contributed by atoms with Crippen molar-refractivity contribution in [2.24, 2.45) is 0 Å². The molecular formula is C17H15BrN2O4. The fourth-order valence-corrected chi connectivity index (χ4v) is 2.20. The SMILES string of the molecule is COC(=O)c1ccccc1NC(=O)CNC(=O)c1ccc(Br)cc1. The zero-order valence-electron chi connectivity index (χ0n) is 12.8. The first kappa shape index (κ1) is 17.7. The molecular weight excluding hydrogens is 376 g/mol. The summed E-state index contributed by atoms with van der Waals surface area (Å²) in [5, 5.41) is 5.10. The van der Waals surface area contributed by atoms with Crippen LogP contribution >= 0.6 is 15.9 Å². The number of esters is 1. The standard InChI is InChI=1S/C17H15BrN2O4/c1-24-17(23)13-4-2-3-5-14(13)20-15(21)10-19-16(22)11-6-8-12(18)9-7-11/h2-9H,10H2,1H3,(H,19,22)(H,20,21). The Balaban J connectivity index is 1.95. The highest BCUT2D eigenvalue weighted by atomic mass is 79.9. The zero-order chi connectivity index (χ0) is 17.5. The molecule has 0 heterocycles. The molecule has 0 saturated carbocycles. The van der Waals surface area contributed by atoms with Gasteiger partial charge < -0.3 is 15.4 Å². The number of nitrogens with one attached hydrogen (secondary N) is 2. The number of para-hydroxylation sites is 1. The number of methoxy groups -OCH3 is 1. The highest BCUT2D eigenvalue weighted by Gasteiger charge is 2.14. The molecule has 2 rings (SSSR count). The van der Waals surface area contributed by atoms with Crippen molar-refractivity contribution in [1.29, 1.82) is 0 Å². The van der Waals surface area contributed by atoms with Crippen molar-refractivity contribution in [3.05, 3.63) is 64.1 Å². The van der Waals surface area contributed by atoms with Gasteiger partial charge in [0.05, 0.1) is 24.9 Å². The second kappa shape index (κ2) is 8.26. The number of halogens is 1. The summed E-state index contributed by atoms with van der Waals surface area (Å²) in [5.41, 5.74) is 1.01. The summed E-state index contributed by atoms with van der Waals surface area (Å²) in [6.07, 6.45) is 0. The molecule has 2 amide bonds. The zero-order valence-corrected chi connectivity index (χ0v) is 14.4. The van der Waals surface area contributed by atoms with E-state index in [1.807, 2.05) is 0 Å². The third kappa shape index (κ3) is 4.66. The van der Waals surface area contributed by atoms with Gasteiger partial charge in [-0.25, -0.2) is 4.79 Å². The summed E-state index contributed by atoms with van der Waals surface area (Å²) in [6.45, 7) is -0.218. The highest BCUT2D eigenvalue weighted by molar-refractivity contribution is 9.10. The van der Waals surface area contributed by atoms with Gasteiger partial charge in [0.2, 0.25) is 5.91 Å². The van der Waals surface area contributed by atoms with Crippen LogP contribution in [0, 0.1) is 0 Å². The molecule has 0 radical (unpaired) electrons. The first-order valence-electron chi connectivity index (χ1n) is 7.02. The van der Waals surface area contributed by atoms with Crippen molar-refractivity contribution in [2.45, 2.75) is 0 Å². The van der Waals surface area contributed by atoms with E-state index < -0.39 is 11.9 Å². The number of hydrogen-bond donors (Lipinski definition) is 2. The molecule has 2 aromatic rings. The normalized spacial score (nSPS) is 9.92. The lowest BCUT2D eigenvalue weighted by Gasteiger charge is -2.10. The van der Waals surface area contributed by atoms with Crippen LogP contribution in [0.15, 0.2) is 53.0 Å². The molecule has 0 aliphatic heterocycles. The minimum Gasteiger partial charge on any atom is -0.465 e. The third-order valence-corrected chi connectivity index (χ3v) is 3.65. The van der Waals surface area contributed by atoms with Crippen LogP contribution in [0.4, 0.5) is 5.69 Å². The van der Waals surface area contributed by atoms with Gasteiger partial charge in [0.1, 0.15) is 0 Å². The number of carbonyl (C=O) groups is 3. The van der Waals surface area contributed by atoms with Crippen LogP contribution in [0.5, 0.6) is 0 Å². The minimum absolute atomic E-state index is 0.218. The van der Waals surface area contributed by atoms with E-state index in [9.17, 15) is 14.4 Å². The van der Waals surface area contributed by atoms with E-state index in [1.165, 1.54) is 7.11 Å². The summed E-state index contributed by atoms with van der Waals surface area (Å²) < 4.78 is 5.52. The van der Waals surface area contributed by atoms with Gasteiger partial charge in [0.25, 0.3) is 5.91 Å². The van der Waals surface area contributed by atoms with E-state index >= 15 is 0 Å². The maximum Gasteiger partial charge on any atom is 0.339 e. The molecule has 0 aliphatic carbocycles. The molecule has 0 aliphatic rings. The van der Waals surface area contributed by atoms with Gasteiger partial charge in [0, 0.05) is 10.0 Å². The molecule has 24 heavy (non-hydrogen) atoms. The number of rotatable bonds is 5. The van der Waals surface area contributed by atoms with Crippen molar-refractivity contribution in [3.63, 3.8) is 0 Å². The Bertz CT molecular complexity index is 759. The van der Waals surface area contributed by atoms with Crippen LogP contribution in [0.2, 0.25) is 0 Å². The van der Waals surface area contributed by atoms with Gasteiger partial charge >= 0.3 is 5.97 Å². The predicted octanol–water partition coefficient (Wildman–Crippen LogP) is 2.60. The quantitative estimate of drug-likeness (QED) is 0.768. The van der Waals surface area contributed by atoms with Crippen LogP contribution in [0.1, 0.15) is 20.7 Å². The van der Waals surface area contributed by atoms with Crippen molar-refractivity contribution >= 4 is 39.4 Å². The Morgan fingerprint density at radius 2 is 1.71 bits per heavy atom. The van der Waals surface area contributed by atoms with Crippen molar-refractivity contribution in [2.75, 3.05) is 19.0 Å². The number of carbonyl (C=O) groups excluding carboxylic acids is 3. The molecule has 0 unspecified atom stereocenters. The Hall–Kier alpha value is -2.67. The fraction of sp³-hybridized carbons (Fsp3) is 0.118. The lowest BCUT2D eigenvalue weighted by atomic mass is 10.2. The molecule has 2 aromatic carbocycles. The monoisotopic (exact) mass is 390 g/mol. The first-order chi connectivity index (χ1) is 11.5. The molecule has 0 bridgehead atoms. The smallest absolute Gasteiger partial charge is 0.339 e. The third-order valence-electron chi connectivity index (χ3n) is 3.12. The molecule has 2 N–H and O–H groups in total. The molecule has 7 heteroatoms. The number of ether oxygens (including phenoxy) is 1. The lowest BCUT2D eigenvalue weighted by Crippen LogP contribution is -2.33. The largest absolute Gasteiger partial charge is 0.465 e. The second-order valence-electron chi connectivity index (χ2n) is 4.77. The molecule has 0 atom stereocenters. The number of benzene rings is 2. The van der Waals surface area contributed by atoms with E-state index in [2.05, 4.69) is 31.3 Å². The molecule has 0 fully saturated rings. The Kier molecular flexibility index (Phi) is 6.08. The average molecular weight is 391 g/mol. The summed E-state index contributed by atoms with van der Waals surface area (Å²) in [5.74, 6) is -1.36. The number of amides is 2. The van der Waals surface area contributed by atoms with Crippen molar-refractivity contribution in [1.82, 2.24) is 5.32 Å². The summed E-state index contributed by atoms with van der Waals surface area (Å²) in [4.78, 5) is 35.6. The van der Waals surface area contributed by atoms with E-state index in [-0.39, 0.29) is 18.0 Å². The van der Waals surface area contributed by atoms with Crippen LogP contribution in [0.3, 0.4) is 0 Å². The Labute approximate surface area is 147 Å². The van der Waals surface area contributed by atoms with E-state index in [4.69, 9.17) is 0 Å². The van der Waals surface area contributed by atoms with Gasteiger partial charge in [-0.3, -0.25) is 9.59 Å². The Morgan fingerprint density at radius 3 is 2.38 bits per heavy atom. The highest BCUT2D eigenvalue weighted by Crippen LogP contribution is 2.15. The van der Waals surface area contributed by atoms with Gasteiger partial charge in [-0.15, -0.1) is 0 Å². The summed E-state index contributed by atoms with van der Waals surface area (Å²) in [6, 6.07) is 13.2. The van der Waals surface area contributed by atoms with Gasteiger partial charge in [-0.2, -0.15) is 0 Å². The average Bonchev–Trinajstić information content (AvgIpc) is 2.60. The fourth-order valence-electron chi connectivity index (χ4n) is 1.94. The second-order valence-corrected chi connectivity index (χ2v) is 5.69.